The van der Waals surface area contributed by atoms with Crippen LogP contribution in [0.25, 0.3) is 11.4 Å². The summed E-state index contributed by atoms with van der Waals surface area (Å²) in [5, 5.41) is 12.9. The predicted molar refractivity (Wildman–Crippen MR) is 95.9 cm³/mol. The highest BCUT2D eigenvalue weighted by molar-refractivity contribution is 6.30. The Morgan fingerprint density at radius 1 is 1.16 bits per heavy atom. The van der Waals surface area contributed by atoms with Crippen molar-refractivity contribution in [2.24, 2.45) is 0 Å². The molecule has 1 heterocycles. The smallest absolute Gasteiger partial charge is 0.246 e. The maximum atomic E-state index is 12.5. The molecule has 1 amide bonds. The summed E-state index contributed by atoms with van der Waals surface area (Å²) in [7, 11) is 1.77. The van der Waals surface area contributed by atoms with E-state index in [-0.39, 0.29) is 18.5 Å². The van der Waals surface area contributed by atoms with E-state index in [1.807, 2.05) is 49.4 Å². The van der Waals surface area contributed by atoms with E-state index in [0.717, 1.165) is 11.1 Å². The van der Waals surface area contributed by atoms with Crippen molar-refractivity contribution >= 4 is 17.5 Å². The van der Waals surface area contributed by atoms with Crippen LogP contribution < -0.4 is 0 Å². The number of likely N-dealkylation sites (N-methyl/N-ethyl adjacent to an activating group) is 1. The molecule has 6 nitrogen and oxygen atoms in total. The van der Waals surface area contributed by atoms with Crippen molar-refractivity contribution in [1.82, 2.24) is 25.1 Å². The second-order valence-corrected chi connectivity index (χ2v) is 6.18. The maximum Gasteiger partial charge on any atom is 0.246 e. The lowest BCUT2D eigenvalue weighted by atomic mass is 10.1. The van der Waals surface area contributed by atoms with Crippen molar-refractivity contribution < 1.29 is 4.79 Å². The van der Waals surface area contributed by atoms with Gasteiger partial charge < -0.3 is 4.90 Å². The van der Waals surface area contributed by atoms with Crippen LogP contribution in [-0.2, 0) is 11.3 Å². The molecule has 1 atom stereocenters. The SMILES string of the molecule is C[C@@H](c1ccccc1)N(C)C(=O)Cn1nnc(-c2ccc(Cl)cc2)n1. The zero-order chi connectivity index (χ0) is 17.8. The van der Waals surface area contributed by atoms with Gasteiger partial charge in [0.15, 0.2) is 0 Å². The van der Waals surface area contributed by atoms with Crippen molar-refractivity contribution in [2.45, 2.75) is 19.5 Å². The van der Waals surface area contributed by atoms with E-state index >= 15 is 0 Å². The molecule has 0 N–H and O–H groups in total. The summed E-state index contributed by atoms with van der Waals surface area (Å²) in [6.07, 6.45) is 0. The highest BCUT2D eigenvalue weighted by Gasteiger charge is 2.18. The van der Waals surface area contributed by atoms with Gasteiger partial charge in [0, 0.05) is 17.6 Å². The number of carbonyl (C=O) groups excluding carboxylic acids is 1. The molecule has 128 valence electrons. The van der Waals surface area contributed by atoms with E-state index in [2.05, 4.69) is 15.4 Å². The highest BCUT2D eigenvalue weighted by Crippen LogP contribution is 2.19. The monoisotopic (exact) mass is 355 g/mol. The van der Waals surface area contributed by atoms with Gasteiger partial charge in [-0.1, -0.05) is 41.9 Å². The quantitative estimate of drug-likeness (QED) is 0.705. The number of amides is 1. The van der Waals surface area contributed by atoms with Crippen LogP contribution in [0.2, 0.25) is 5.02 Å². The van der Waals surface area contributed by atoms with Crippen molar-refractivity contribution in [3.05, 3.63) is 65.2 Å². The van der Waals surface area contributed by atoms with Gasteiger partial charge >= 0.3 is 0 Å². The lowest BCUT2D eigenvalue weighted by Gasteiger charge is -2.25. The fraction of sp³-hybridized carbons (Fsp3) is 0.222. The van der Waals surface area contributed by atoms with Gasteiger partial charge in [0.25, 0.3) is 0 Å². The first kappa shape index (κ1) is 17.1. The van der Waals surface area contributed by atoms with E-state index in [0.29, 0.717) is 10.8 Å². The van der Waals surface area contributed by atoms with Crippen molar-refractivity contribution in [3.8, 4) is 11.4 Å². The number of hydrogen-bond donors (Lipinski definition) is 0. The van der Waals surface area contributed by atoms with Gasteiger partial charge in [-0.25, -0.2) is 0 Å². The number of aromatic nitrogens is 4. The number of carbonyl (C=O) groups is 1. The molecule has 0 saturated heterocycles. The molecular weight excluding hydrogens is 338 g/mol. The largest absolute Gasteiger partial charge is 0.337 e. The first-order valence-corrected chi connectivity index (χ1v) is 8.27. The molecule has 0 aliphatic heterocycles. The van der Waals surface area contributed by atoms with Crippen LogP contribution in [0.5, 0.6) is 0 Å². The topological polar surface area (TPSA) is 63.9 Å². The van der Waals surface area contributed by atoms with E-state index in [1.54, 1.807) is 24.1 Å². The third-order valence-corrected chi connectivity index (χ3v) is 4.34. The fourth-order valence-corrected chi connectivity index (χ4v) is 2.55. The zero-order valence-corrected chi connectivity index (χ0v) is 14.8. The van der Waals surface area contributed by atoms with Crippen LogP contribution >= 0.6 is 11.6 Å². The molecule has 0 saturated carbocycles. The predicted octanol–water partition coefficient (Wildman–Crippen LogP) is 3.21. The van der Waals surface area contributed by atoms with E-state index in [1.165, 1.54) is 4.80 Å². The Labute approximate surface area is 151 Å². The molecule has 3 rings (SSSR count). The van der Waals surface area contributed by atoms with Crippen LogP contribution in [0.15, 0.2) is 54.6 Å². The zero-order valence-electron chi connectivity index (χ0n) is 14.0. The van der Waals surface area contributed by atoms with Gasteiger partial charge in [-0.15, -0.1) is 10.2 Å². The molecule has 0 unspecified atom stereocenters. The minimum atomic E-state index is -0.0867. The Hall–Kier alpha value is -2.73. The van der Waals surface area contributed by atoms with Gasteiger partial charge in [-0.2, -0.15) is 4.80 Å². The third kappa shape index (κ3) is 4.03. The summed E-state index contributed by atoms with van der Waals surface area (Å²) in [5.74, 6) is 0.375. The van der Waals surface area contributed by atoms with Crippen molar-refractivity contribution in [1.29, 1.82) is 0 Å². The number of hydrogen-bond acceptors (Lipinski definition) is 4. The van der Waals surface area contributed by atoms with Gasteiger partial charge in [0.2, 0.25) is 11.7 Å². The summed E-state index contributed by atoms with van der Waals surface area (Å²) in [6, 6.07) is 17.0. The molecule has 3 aromatic rings. The maximum absolute atomic E-state index is 12.5. The summed E-state index contributed by atoms with van der Waals surface area (Å²) in [4.78, 5) is 15.5. The number of nitrogens with zero attached hydrogens (tertiary/aromatic N) is 5. The lowest BCUT2D eigenvalue weighted by Crippen LogP contribution is -2.33. The first-order valence-electron chi connectivity index (χ1n) is 7.89. The summed E-state index contributed by atoms with van der Waals surface area (Å²) < 4.78 is 0. The third-order valence-electron chi connectivity index (χ3n) is 4.09. The lowest BCUT2D eigenvalue weighted by molar-refractivity contribution is -0.132. The molecule has 0 aliphatic rings. The molecule has 7 heteroatoms. The van der Waals surface area contributed by atoms with E-state index in [9.17, 15) is 4.79 Å². The van der Waals surface area contributed by atoms with Crippen LogP contribution in [0.1, 0.15) is 18.5 Å². The Morgan fingerprint density at radius 2 is 1.84 bits per heavy atom. The van der Waals surface area contributed by atoms with Crippen LogP contribution in [0.3, 0.4) is 0 Å². The van der Waals surface area contributed by atoms with Crippen LogP contribution in [-0.4, -0.2) is 38.1 Å². The molecule has 2 aromatic carbocycles. The summed E-state index contributed by atoms with van der Waals surface area (Å²) in [6.45, 7) is 2.02. The Bertz CT molecular complexity index is 847. The molecule has 0 radical (unpaired) electrons. The molecule has 0 aliphatic carbocycles. The van der Waals surface area contributed by atoms with Crippen molar-refractivity contribution in [3.63, 3.8) is 0 Å². The molecule has 0 fully saturated rings. The Kier molecular flexibility index (Phi) is 5.09. The van der Waals surface area contributed by atoms with Crippen LogP contribution in [0.4, 0.5) is 0 Å². The average Bonchev–Trinajstić information content (AvgIpc) is 3.10. The van der Waals surface area contributed by atoms with Gasteiger partial charge in [0.1, 0.15) is 6.54 Å². The van der Waals surface area contributed by atoms with Gasteiger partial charge in [0.05, 0.1) is 6.04 Å². The Morgan fingerprint density at radius 3 is 2.52 bits per heavy atom. The standard InChI is InChI=1S/C18H18ClN5O/c1-13(14-6-4-3-5-7-14)23(2)17(25)12-24-21-18(20-22-24)15-8-10-16(19)11-9-15/h3-11,13H,12H2,1-2H3/t13-/m0/s1. The molecular formula is C18H18ClN5O. The highest BCUT2D eigenvalue weighted by atomic mass is 35.5. The molecule has 0 bridgehead atoms. The summed E-state index contributed by atoms with van der Waals surface area (Å²) >= 11 is 5.88. The molecule has 0 spiro atoms. The average molecular weight is 356 g/mol. The van der Waals surface area contributed by atoms with Gasteiger partial charge in [-0.3, -0.25) is 4.79 Å². The molecule has 1 aromatic heterocycles. The normalized spacial score (nSPS) is 12.0. The number of rotatable bonds is 5. The fourth-order valence-electron chi connectivity index (χ4n) is 2.43. The Balaban J connectivity index is 1.68. The number of benzene rings is 2. The minimum Gasteiger partial charge on any atom is -0.337 e. The van der Waals surface area contributed by atoms with Gasteiger partial charge in [-0.05, 0) is 42.0 Å². The van der Waals surface area contributed by atoms with Crippen LogP contribution in [0, 0.1) is 0 Å². The number of halogens is 1. The van der Waals surface area contributed by atoms with Crippen molar-refractivity contribution in [2.75, 3.05) is 7.05 Å². The van der Waals surface area contributed by atoms with E-state index < -0.39 is 0 Å². The molecule has 25 heavy (non-hydrogen) atoms. The minimum absolute atomic E-state index is 0.0343. The second-order valence-electron chi connectivity index (χ2n) is 5.74. The summed E-state index contributed by atoms with van der Waals surface area (Å²) in [5.41, 5.74) is 1.88. The first-order chi connectivity index (χ1) is 12.0. The number of tetrazole rings is 1. The second kappa shape index (κ2) is 7.44. The van der Waals surface area contributed by atoms with E-state index in [4.69, 9.17) is 11.6 Å².